The Morgan fingerprint density at radius 3 is 3.10 bits per heavy atom. The van der Waals surface area contributed by atoms with Gasteiger partial charge in [-0.1, -0.05) is 24.2 Å². The van der Waals surface area contributed by atoms with Crippen LogP contribution >= 0.6 is 11.6 Å². The molecule has 0 bridgehead atoms. The lowest BCUT2D eigenvalue weighted by atomic mass is 10.1. The Balaban J connectivity index is 1.97. The van der Waals surface area contributed by atoms with Crippen LogP contribution < -0.4 is 0 Å². The van der Waals surface area contributed by atoms with Crippen LogP contribution in [-0.2, 0) is 4.79 Å². The standard InChI is InChI=1S/C16H18ClN3O/c1-2-15(21)19-9-4-3-6-12(10-19)20-11-18-14-8-5-7-13(17)16(14)20/h2,5,7-8,11-12H,1,3-4,6,9-10H2/t12-/m1/s1. The van der Waals surface area contributed by atoms with E-state index in [1.54, 1.807) is 0 Å². The molecule has 1 amide bonds. The Bertz CT molecular complexity index is 679. The molecule has 21 heavy (non-hydrogen) atoms. The van der Waals surface area contributed by atoms with Crippen LogP contribution in [0.25, 0.3) is 11.0 Å². The van der Waals surface area contributed by atoms with Crippen LogP contribution in [0.3, 0.4) is 0 Å². The average molecular weight is 304 g/mol. The number of hydrogen-bond acceptors (Lipinski definition) is 2. The van der Waals surface area contributed by atoms with Crippen LogP contribution in [0.5, 0.6) is 0 Å². The Hall–Kier alpha value is -1.81. The zero-order valence-electron chi connectivity index (χ0n) is 11.8. The van der Waals surface area contributed by atoms with Crippen LogP contribution in [-0.4, -0.2) is 33.4 Å². The molecule has 3 rings (SSSR count). The quantitative estimate of drug-likeness (QED) is 0.797. The van der Waals surface area contributed by atoms with E-state index in [9.17, 15) is 4.79 Å². The molecule has 110 valence electrons. The van der Waals surface area contributed by atoms with Crippen molar-refractivity contribution in [3.8, 4) is 0 Å². The molecular weight excluding hydrogens is 286 g/mol. The second-order valence-electron chi connectivity index (χ2n) is 5.40. The number of likely N-dealkylation sites (tertiary alicyclic amines) is 1. The van der Waals surface area contributed by atoms with E-state index in [-0.39, 0.29) is 11.9 Å². The summed E-state index contributed by atoms with van der Waals surface area (Å²) in [6, 6.07) is 5.95. The zero-order chi connectivity index (χ0) is 14.8. The topological polar surface area (TPSA) is 38.1 Å². The van der Waals surface area contributed by atoms with Gasteiger partial charge in [0.15, 0.2) is 0 Å². The fraction of sp³-hybridized carbons (Fsp3) is 0.375. The minimum atomic E-state index is -0.00239. The van der Waals surface area contributed by atoms with Crippen LogP contribution in [0, 0.1) is 0 Å². The number of para-hydroxylation sites is 1. The zero-order valence-corrected chi connectivity index (χ0v) is 12.6. The van der Waals surface area contributed by atoms with Crippen molar-refractivity contribution in [1.82, 2.24) is 14.5 Å². The van der Waals surface area contributed by atoms with E-state index in [2.05, 4.69) is 16.1 Å². The number of rotatable bonds is 2. The van der Waals surface area contributed by atoms with E-state index in [1.807, 2.05) is 29.4 Å². The lowest BCUT2D eigenvalue weighted by Crippen LogP contribution is -2.34. The number of hydrogen-bond donors (Lipinski definition) is 0. The van der Waals surface area contributed by atoms with Gasteiger partial charge in [-0.15, -0.1) is 0 Å². The van der Waals surface area contributed by atoms with Gasteiger partial charge in [-0.2, -0.15) is 0 Å². The molecule has 5 heteroatoms. The van der Waals surface area contributed by atoms with Crippen molar-refractivity contribution in [3.63, 3.8) is 0 Å². The summed E-state index contributed by atoms with van der Waals surface area (Å²) < 4.78 is 2.12. The van der Waals surface area contributed by atoms with E-state index in [0.717, 1.165) is 36.8 Å². The number of benzene rings is 1. The molecule has 2 heterocycles. The van der Waals surface area contributed by atoms with Crippen molar-refractivity contribution in [2.45, 2.75) is 25.3 Å². The minimum Gasteiger partial charge on any atom is -0.337 e. The molecule has 1 aromatic heterocycles. The second kappa shape index (κ2) is 5.90. The molecule has 0 saturated carbocycles. The maximum absolute atomic E-state index is 11.9. The maximum Gasteiger partial charge on any atom is 0.246 e. The molecule has 1 aliphatic rings. The Labute approximate surface area is 129 Å². The minimum absolute atomic E-state index is 0.00239. The predicted octanol–water partition coefficient (Wildman–Crippen LogP) is 3.43. The van der Waals surface area contributed by atoms with Gasteiger partial charge >= 0.3 is 0 Å². The largest absolute Gasteiger partial charge is 0.337 e. The molecule has 0 unspecified atom stereocenters. The van der Waals surface area contributed by atoms with Gasteiger partial charge in [0.1, 0.15) is 0 Å². The van der Waals surface area contributed by atoms with E-state index in [1.165, 1.54) is 6.08 Å². The monoisotopic (exact) mass is 303 g/mol. The maximum atomic E-state index is 11.9. The normalized spacial score (nSPS) is 19.5. The first kappa shape index (κ1) is 14.1. The molecule has 1 fully saturated rings. The first-order valence-corrected chi connectivity index (χ1v) is 7.61. The highest BCUT2D eigenvalue weighted by Crippen LogP contribution is 2.29. The van der Waals surface area contributed by atoms with E-state index in [0.29, 0.717) is 11.6 Å². The van der Waals surface area contributed by atoms with Crippen LogP contribution in [0.1, 0.15) is 25.3 Å². The molecule has 0 radical (unpaired) electrons. The summed E-state index contributed by atoms with van der Waals surface area (Å²) in [4.78, 5) is 18.2. The van der Waals surface area contributed by atoms with Crippen molar-refractivity contribution in [2.24, 2.45) is 0 Å². The molecule has 1 saturated heterocycles. The highest BCUT2D eigenvalue weighted by Gasteiger charge is 2.23. The highest BCUT2D eigenvalue weighted by atomic mass is 35.5. The molecule has 0 spiro atoms. The van der Waals surface area contributed by atoms with Crippen molar-refractivity contribution < 1.29 is 4.79 Å². The van der Waals surface area contributed by atoms with E-state index >= 15 is 0 Å². The number of halogens is 1. The number of nitrogens with zero attached hydrogens (tertiary/aromatic N) is 3. The van der Waals surface area contributed by atoms with Gasteiger partial charge in [-0.25, -0.2) is 4.98 Å². The fourth-order valence-corrected chi connectivity index (χ4v) is 3.27. The van der Waals surface area contributed by atoms with Gasteiger partial charge in [0, 0.05) is 13.1 Å². The third-order valence-corrected chi connectivity index (χ3v) is 4.38. The lowest BCUT2D eigenvalue weighted by molar-refractivity contribution is -0.126. The summed E-state index contributed by atoms with van der Waals surface area (Å²) >= 11 is 6.33. The van der Waals surface area contributed by atoms with E-state index in [4.69, 9.17) is 11.6 Å². The molecule has 0 N–H and O–H groups in total. The van der Waals surface area contributed by atoms with Crippen molar-refractivity contribution >= 4 is 28.5 Å². The van der Waals surface area contributed by atoms with Gasteiger partial charge in [0.2, 0.25) is 5.91 Å². The van der Waals surface area contributed by atoms with Crippen LogP contribution in [0.2, 0.25) is 5.02 Å². The average Bonchev–Trinajstić information content (AvgIpc) is 2.78. The molecule has 1 aromatic carbocycles. The Morgan fingerprint density at radius 2 is 2.29 bits per heavy atom. The third kappa shape index (κ3) is 2.68. The first-order valence-electron chi connectivity index (χ1n) is 7.23. The summed E-state index contributed by atoms with van der Waals surface area (Å²) in [5.41, 5.74) is 1.85. The van der Waals surface area contributed by atoms with Gasteiger partial charge in [-0.05, 0) is 37.5 Å². The molecule has 2 aromatic rings. The number of imidazole rings is 1. The molecule has 0 aliphatic carbocycles. The summed E-state index contributed by atoms with van der Waals surface area (Å²) in [6.45, 7) is 5.06. The van der Waals surface area contributed by atoms with Crippen molar-refractivity contribution in [3.05, 3.63) is 42.2 Å². The van der Waals surface area contributed by atoms with Gasteiger partial charge < -0.3 is 9.47 Å². The smallest absolute Gasteiger partial charge is 0.246 e. The molecule has 4 nitrogen and oxygen atoms in total. The van der Waals surface area contributed by atoms with Crippen molar-refractivity contribution in [1.29, 1.82) is 0 Å². The summed E-state index contributed by atoms with van der Waals surface area (Å²) in [7, 11) is 0. The molecule has 1 aliphatic heterocycles. The first-order chi connectivity index (χ1) is 10.2. The van der Waals surface area contributed by atoms with Crippen LogP contribution in [0.15, 0.2) is 37.2 Å². The number of aromatic nitrogens is 2. The van der Waals surface area contributed by atoms with Crippen molar-refractivity contribution in [2.75, 3.05) is 13.1 Å². The highest BCUT2D eigenvalue weighted by molar-refractivity contribution is 6.34. The summed E-state index contributed by atoms with van der Waals surface area (Å²) in [6.07, 6.45) is 6.37. The number of amides is 1. The van der Waals surface area contributed by atoms with Crippen LogP contribution in [0.4, 0.5) is 0 Å². The molecule has 1 atom stereocenters. The Kier molecular flexibility index (Phi) is 3.97. The van der Waals surface area contributed by atoms with Gasteiger partial charge in [0.05, 0.1) is 28.4 Å². The third-order valence-electron chi connectivity index (χ3n) is 4.07. The predicted molar refractivity (Wildman–Crippen MR) is 84.4 cm³/mol. The summed E-state index contributed by atoms with van der Waals surface area (Å²) in [5, 5.41) is 0.704. The molecular formula is C16H18ClN3O. The number of carbonyl (C=O) groups is 1. The van der Waals surface area contributed by atoms with E-state index < -0.39 is 0 Å². The SMILES string of the molecule is C=CC(=O)N1CCCC[C@@H](n2cnc3cccc(Cl)c32)C1. The lowest BCUT2D eigenvalue weighted by Gasteiger charge is -2.24. The fourth-order valence-electron chi connectivity index (χ4n) is 3.00. The Morgan fingerprint density at radius 1 is 1.43 bits per heavy atom. The van der Waals surface area contributed by atoms with Gasteiger partial charge in [-0.3, -0.25) is 4.79 Å². The second-order valence-corrected chi connectivity index (χ2v) is 5.80. The van der Waals surface area contributed by atoms with Gasteiger partial charge in [0.25, 0.3) is 0 Å². The number of carbonyl (C=O) groups excluding carboxylic acids is 1. The number of fused-ring (bicyclic) bond motifs is 1. The summed E-state index contributed by atoms with van der Waals surface area (Å²) in [5.74, 6) is -0.00239.